The minimum absolute atomic E-state index is 0.0514. The molecule has 1 aromatic carbocycles. The number of alkyl halides is 3. The van der Waals surface area contributed by atoms with Crippen LogP contribution in [0.5, 0.6) is 0 Å². The number of halogens is 4. The van der Waals surface area contributed by atoms with Gasteiger partial charge in [-0.2, -0.15) is 18.4 Å². The lowest BCUT2D eigenvalue weighted by molar-refractivity contribution is -0.115. The molecule has 0 aliphatic rings. The van der Waals surface area contributed by atoms with Gasteiger partial charge in [0.15, 0.2) is 5.82 Å². The Morgan fingerprint density at radius 2 is 1.95 bits per heavy atom. The summed E-state index contributed by atoms with van der Waals surface area (Å²) < 4.78 is 37.9. The predicted octanol–water partition coefficient (Wildman–Crippen LogP) is 2.95. The Morgan fingerprint density at radius 3 is 2.48 bits per heavy atom. The molecule has 0 aliphatic carbocycles. The highest BCUT2D eigenvalue weighted by Gasteiger charge is 2.28. The third-order valence-corrected chi connectivity index (χ3v) is 2.81. The van der Waals surface area contributed by atoms with E-state index in [0.29, 0.717) is 10.7 Å². The highest BCUT2D eigenvalue weighted by atomic mass is 35.5. The van der Waals surface area contributed by atoms with Gasteiger partial charge >= 0.3 is 6.18 Å². The molecule has 3 N–H and O–H groups in total. The maximum atomic E-state index is 12.2. The summed E-state index contributed by atoms with van der Waals surface area (Å²) in [5.74, 6) is -0.272. The van der Waals surface area contributed by atoms with Gasteiger partial charge in [0.25, 0.3) is 0 Å². The van der Waals surface area contributed by atoms with E-state index in [1.54, 1.807) is 30.3 Å². The number of hydrogen-bond donors (Lipinski definition) is 2. The molecule has 0 amide bonds. The largest absolute Gasteiger partial charge is 0.405 e. The number of nitriles is 1. The Kier molecular flexibility index (Phi) is 3.95. The quantitative estimate of drug-likeness (QED) is 0.912. The van der Waals surface area contributed by atoms with Gasteiger partial charge in [-0.3, -0.25) is 0 Å². The van der Waals surface area contributed by atoms with Gasteiger partial charge in [-0.25, -0.2) is 4.68 Å². The highest BCUT2D eigenvalue weighted by molar-refractivity contribution is 6.30. The first-order chi connectivity index (χ1) is 9.81. The number of nitrogens with one attached hydrogen (secondary N) is 1. The molecular formula is C12H9ClF3N5. The molecule has 2 aromatic rings. The Morgan fingerprint density at radius 1 is 1.33 bits per heavy atom. The Labute approximate surface area is 122 Å². The first-order valence-electron chi connectivity index (χ1n) is 5.67. The zero-order valence-corrected chi connectivity index (χ0v) is 11.2. The van der Waals surface area contributed by atoms with E-state index in [4.69, 9.17) is 22.6 Å². The van der Waals surface area contributed by atoms with Gasteiger partial charge in [0, 0.05) is 5.02 Å². The van der Waals surface area contributed by atoms with E-state index in [1.807, 2.05) is 0 Å². The third-order valence-electron chi connectivity index (χ3n) is 2.56. The standard InChI is InChI=1S/C12H9ClF3N5/c13-7-1-3-8(4-2-7)21-10(18)9(5-17)11(20-21)19-6-12(14,15)16/h1-4H,6,18H2,(H,19,20). The van der Waals surface area contributed by atoms with Crippen LogP contribution < -0.4 is 11.1 Å². The van der Waals surface area contributed by atoms with Gasteiger partial charge in [0.05, 0.1) is 5.69 Å². The Hall–Kier alpha value is -2.40. The number of hydrogen-bond acceptors (Lipinski definition) is 4. The summed E-state index contributed by atoms with van der Waals surface area (Å²) >= 11 is 5.75. The first-order valence-corrected chi connectivity index (χ1v) is 6.05. The van der Waals surface area contributed by atoms with Crippen LogP contribution in [0.15, 0.2) is 24.3 Å². The number of rotatable bonds is 3. The molecule has 2 rings (SSSR count). The lowest BCUT2D eigenvalue weighted by Gasteiger charge is -2.06. The second kappa shape index (κ2) is 5.54. The molecule has 0 radical (unpaired) electrons. The molecule has 0 saturated heterocycles. The van der Waals surface area contributed by atoms with Crippen LogP contribution in [-0.2, 0) is 0 Å². The average Bonchev–Trinajstić information content (AvgIpc) is 2.73. The summed E-state index contributed by atoms with van der Waals surface area (Å²) in [4.78, 5) is 0. The average molecular weight is 316 g/mol. The SMILES string of the molecule is N#Cc1c(NCC(F)(F)F)nn(-c2ccc(Cl)cc2)c1N. The molecule has 0 spiro atoms. The molecule has 0 unspecified atom stereocenters. The molecule has 21 heavy (non-hydrogen) atoms. The van der Waals surface area contributed by atoms with Crippen LogP contribution in [0.4, 0.5) is 24.8 Å². The third kappa shape index (κ3) is 3.38. The minimum atomic E-state index is -4.43. The van der Waals surface area contributed by atoms with Gasteiger partial charge in [0.1, 0.15) is 24.0 Å². The van der Waals surface area contributed by atoms with Crippen molar-refractivity contribution in [2.24, 2.45) is 0 Å². The van der Waals surface area contributed by atoms with Crippen molar-refractivity contribution in [1.82, 2.24) is 9.78 Å². The van der Waals surface area contributed by atoms with Crippen molar-refractivity contribution in [1.29, 1.82) is 5.26 Å². The minimum Gasteiger partial charge on any atom is -0.382 e. The number of nitrogen functional groups attached to an aromatic ring is 1. The molecule has 1 aromatic heterocycles. The number of nitrogens with two attached hydrogens (primary N) is 1. The normalized spacial score (nSPS) is 11.2. The second-order valence-electron chi connectivity index (χ2n) is 4.08. The topological polar surface area (TPSA) is 79.7 Å². The van der Waals surface area contributed by atoms with E-state index >= 15 is 0 Å². The van der Waals surface area contributed by atoms with Crippen LogP contribution in [0, 0.1) is 11.3 Å². The van der Waals surface area contributed by atoms with Crippen molar-refractivity contribution in [3.63, 3.8) is 0 Å². The fourth-order valence-corrected chi connectivity index (χ4v) is 1.75. The summed E-state index contributed by atoms with van der Waals surface area (Å²) in [7, 11) is 0. The highest BCUT2D eigenvalue weighted by Crippen LogP contribution is 2.26. The van der Waals surface area contributed by atoms with Crippen LogP contribution in [-0.4, -0.2) is 22.5 Å². The fraction of sp³-hybridized carbons (Fsp3) is 0.167. The molecule has 9 heteroatoms. The molecule has 0 fully saturated rings. The summed E-state index contributed by atoms with van der Waals surface area (Å²) in [6, 6.07) is 8.06. The first kappa shape index (κ1) is 15.0. The van der Waals surface area contributed by atoms with Gasteiger partial charge in [0.2, 0.25) is 0 Å². The number of benzene rings is 1. The van der Waals surface area contributed by atoms with Gasteiger partial charge < -0.3 is 11.1 Å². The molecule has 1 heterocycles. The van der Waals surface area contributed by atoms with Gasteiger partial charge in [-0.05, 0) is 24.3 Å². The zero-order chi connectivity index (χ0) is 15.6. The summed E-state index contributed by atoms with van der Waals surface area (Å²) in [6.07, 6.45) is -4.43. The number of anilines is 2. The summed E-state index contributed by atoms with van der Waals surface area (Å²) in [5.41, 5.74) is 6.08. The van der Waals surface area contributed by atoms with Crippen LogP contribution in [0.25, 0.3) is 5.69 Å². The van der Waals surface area contributed by atoms with Crippen molar-refractivity contribution in [2.75, 3.05) is 17.6 Å². The van der Waals surface area contributed by atoms with E-state index in [-0.39, 0.29) is 17.2 Å². The van der Waals surface area contributed by atoms with E-state index in [2.05, 4.69) is 10.4 Å². The van der Waals surface area contributed by atoms with E-state index in [0.717, 1.165) is 0 Å². The Balaban J connectivity index is 2.38. The fourth-order valence-electron chi connectivity index (χ4n) is 1.63. The molecule has 110 valence electrons. The van der Waals surface area contributed by atoms with Gasteiger partial charge in [-0.15, -0.1) is 5.10 Å². The van der Waals surface area contributed by atoms with Crippen LogP contribution >= 0.6 is 11.6 Å². The van der Waals surface area contributed by atoms with Crippen molar-refractivity contribution >= 4 is 23.2 Å². The predicted molar refractivity (Wildman–Crippen MR) is 72.2 cm³/mol. The molecule has 5 nitrogen and oxygen atoms in total. The van der Waals surface area contributed by atoms with E-state index in [1.165, 1.54) is 4.68 Å². The lowest BCUT2D eigenvalue weighted by Crippen LogP contribution is -2.21. The second-order valence-corrected chi connectivity index (χ2v) is 4.51. The van der Waals surface area contributed by atoms with Crippen LogP contribution in [0.2, 0.25) is 5.02 Å². The smallest absolute Gasteiger partial charge is 0.382 e. The van der Waals surface area contributed by atoms with Gasteiger partial charge in [-0.1, -0.05) is 11.6 Å². The molecule has 0 aliphatic heterocycles. The van der Waals surface area contributed by atoms with Crippen molar-refractivity contribution in [3.05, 3.63) is 34.9 Å². The van der Waals surface area contributed by atoms with E-state index < -0.39 is 12.7 Å². The number of aromatic nitrogens is 2. The maximum Gasteiger partial charge on any atom is 0.405 e. The molecule has 0 saturated carbocycles. The molecule has 0 bridgehead atoms. The van der Waals surface area contributed by atoms with Crippen molar-refractivity contribution in [2.45, 2.75) is 6.18 Å². The summed E-state index contributed by atoms with van der Waals surface area (Å²) in [5, 5.41) is 15.5. The maximum absolute atomic E-state index is 12.2. The lowest BCUT2D eigenvalue weighted by atomic mass is 10.3. The van der Waals surface area contributed by atoms with Crippen molar-refractivity contribution < 1.29 is 13.2 Å². The zero-order valence-electron chi connectivity index (χ0n) is 10.4. The van der Waals surface area contributed by atoms with Crippen LogP contribution in [0.3, 0.4) is 0 Å². The number of nitrogens with zero attached hydrogens (tertiary/aromatic N) is 3. The molecule has 0 atom stereocenters. The van der Waals surface area contributed by atoms with E-state index in [9.17, 15) is 13.2 Å². The Bertz CT molecular complexity index is 685. The molecular weight excluding hydrogens is 307 g/mol. The van der Waals surface area contributed by atoms with Crippen molar-refractivity contribution in [3.8, 4) is 11.8 Å². The van der Waals surface area contributed by atoms with Crippen LogP contribution in [0.1, 0.15) is 5.56 Å². The summed E-state index contributed by atoms with van der Waals surface area (Å²) in [6.45, 7) is -1.31. The monoisotopic (exact) mass is 315 g/mol.